The highest BCUT2D eigenvalue weighted by atomic mass is 16.2. The maximum Gasteiger partial charge on any atom is 0.242 e. The summed E-state index contributed by atoms with van der Waals surface area (Å²) >= 11 is 0. The molecule has 35 heavy (non-hydrogen) atoms. The molecular weight excluding hydrogens is 432 g/mol. The Balaban J connectivity index is 1.27. The summed E-state index contributed by atoms with van der Waals surface area (Å²) in [4.78, 5) is 27.1. The van der Waals surface area contributed by atoms with Crippen molar-refractivity contribution in [3.05, 3.63) is 108 Å². The van der Waals surface area contributed by atoms with Crippen LogP contribution in [0.4, 0.5) is 11.4 Å². The van der Waals surface area contributed by atoms with Crippen molar-refractivity contribution in [3.8, 4) is 11.1 Å². The van der Waals surface area contributed by atoms with Gasteiger partial charge in [0.2, 0.25) is 5.91 Å². The Morgan fingerprint density at radius 1 is 0.829 bits per heavy atom. The van der Waals surface area contributed by atoms with Crippen LogP contribution in [0, 0.1) is 6.92 Å². The lowest BCUT2D eigenvalue weighted by molar-refractivity contribution is -0.124. The lowest BCUT2D eigenvalue weighted by Gasteiger charge is -2.38. The number of pyridine rings is 2. The number of carbonyl (C=O) groups is 1. The van der Waals surface area contributed by atoms with Gasteiger partial charge in [-0.1, -0.05) is 36.4 Å². The van der Waals surface area contributed by atoms with Crippen LogP contribution in [0.1, 0.15) is 29.7 Å². The molecule has 0 unspecified atom stereocenters. The molecule has 1 spiro atoms. The van der Waals surface area contributed by atoms with E-state index in [2.05, 4.69) is 70.3 Å². The molecule has 174 valence electrons. The van der Waals surface area contributed by atoms with Crippen LogP contribution in [0.2, 0.25) is 0 Å². The van der Waals surface area contributed by atoms with Gasteiger partial charge in [-0.15, -0.1) is 0 Å². The van der Waals surface area contributed by atoms with Crippen molar-refractivity contribution in [2.45, 2.75) is 31.7 Å². The molecule has 2 aromatic carbocycles. The van der Waals surface area contributed by atoms with Gasteiger partial charge in [0.1, 0.15) is 0 Å². The number of hydrogen-bond acceptors (Lipinski definition) is 4. The van der Waals surface area contributed by atoms with Crippen LogP contribution in [0.25, 0.3) is 11.1 Å². The van der Waals surface area contributed by atoms with Gasteiger partial charge in [0.05, 0.1) is 16.8 Å². The zero-order valence-corrected chi connectivity index (χ0v) is 19.9. The molecule has 0 saturated carbocycles. The summed E-state index contributed by atoms with van der Waals surface area (Å²) in [7, 11) is 0. The number of hydrogen-bond donors (Lipinski definition) is 0. The molecule has 6 rings (SSSR count). The summed E-state index contributed by atoms with van der Waals surface area (Å²) in [6, 6.07) is 24.7. The van der Waals surface area contributed by atoms with Crippen LogP contribution in [-0.2, 0) is 16.8 Å². The predicted molar refractivity (Wildman–Crippen MR) is 138 cm³/mol. The van der Waals surface area contributed by atoms with E-state index < -0.39 is 5.41 Å². The minimum Gasteiger partial charge on any atom is -0.297 e. The lowest BCUT2D eigenvalue weighted by atomic mass is 9.73. The van der Waals surface area contributed by atoms with Gasteiger partial charge in [-0.25, -0.2) is 0 Å². The highest BCUT2D eigenvalue weighted by Crippen LogP contribution is 2.50. The SMILES string of the molecule is Cc1cccnc1CN1CCC2(CC1)C(=O)N(c1ccc(-c3ccncc3)cc1)c1ccccc12. The topological polar surface area (TPSA) is 49.3 Å². The fourth-order valence-electron chi connectivity index (χ4n) is 5.59. The average molecular weight is 461 g/mol. The summed E-state index contributed by atoms with van der Waals surface area (Å²) in [5.41, 5.74) is 7.21. The fraction of sp³-hybridized carbons (Fsp3) is 0.233. The van der Waals surface area contributed by atoms with E-state index >= 15 is 0 Å². The molecule has 1 fully saturated rings. The molecule has 2 aromatic heterocycles. The molecule has 5 nitrogen and oxygen atoms in total. The summed E-state index contributed by atoms with van der Waals surface area (Å²) in [6.07, 6.45) is 7.10. The molecule has 4 aromatic rings. The third-order valence-electron chi connectivity index (χ3n) is 7.61. The number of para-hydroxylation sites is 1. The number of aryl methyl sites for hydroxylation is 1. The second-order valence-corrected chi connectivity index (χ2v) is 9.57. The van der Waals surface area contributed by atoms with Gasteiger partial charge >= 0.3 is 0 Å². The van der Waals surface area contributed by atoms with Gasteiger partial charge < -0.3 is 0 Å². The Hall–Kier alpha value is -3.83. The first-order valence-corrected chi connectivity index (χ1v) is 12.2. The van der Waals surface area contributed by atoms with Crippen LogP contribution in [0.5, 0.6) is 0 Å². The molecule has 2 aliphatic heterocycles. The third-order valence-corrected chi connectivity index (χ3v) is 7.61. The minimum atomic E-state index is -0.462. The minimum absolute atomic E-state index is 0.198. The number of rotatable bonds is 4. The summed E-state index contributed by atoms with van der Waals surface area (Å²) in [5.74, 6) is 0.198. The Morgan fingerprint density at radius 2 is 1.54 bits per heavy atom. The van der Waals surface area contributed by atoms with Gasteiger partial charge in [0.25, 0.3) is 0 Å². The number of carbonyl (C=O) groups excluding carboxylic acids is 1. The molecule has 4 heterocycles. The quantitative estimate of drug-likeness (QED) is 0.394. The standard InChI is InChI=1S/C30H28N4O/c1-22-5-4-16-32-27(22)21-33-19-14-30(15-20-33)26-6-2-3-7-28(26)34(29(30)35)25-10-8-23(9-11-25)24-12-17-31-18-13-24/h2-13,16-18H,14-15,19-21H2,1H3. The lowest BCUT2D eigenvalue weighted by Crippen LogP contribution is -2.47. The van der Waals surface area contributed by atoms with Crippen LogP contribution in [0.15, 0.2) is 91.4 Å². The maximum atomic E-state index is 14.1. The summed E-state index contributed by atoms with van der Waals surface area (Å²) in [5, 5.41) is 0. The number of aromatic nitrogens is 2. The maximum absolute atomic E-state index is 14.1. The van der Waals surface area contributed by atoms with Crippen molar-refractivity contribution in [1.82, 2.24) is 14.9 Å². The molecule has 0 bridgehead atoms. The van der Waals surface area contributed by atoms with Crippen molar-refractivity contribution >= 4 is 17.3 Å². The van der Waals surface area contributed by atoms with Crippen molar-refractivity contribution in [3.63, 3.8) is 0 Å². The fourth-order valence-corrected chi connectivity index (χ4v) is 5.59. The Morgan fingerprint density at radius 3 is 2.29 bits per heavy atom. The van der Waals surface area contributed by atoms with E-state index in [4.69, 9.17) is 0 Å². The Bertz CT molecular complexity index is 1360. The molecule has 1 amide bonds. The summed E-state index contributed by atoms with van der Waals surface area (Å²) < 4.78 is 0. The molecule has 0 radical (unpaired) electrons. The monoisotopic (exact) mass is 460 g/mol. The van der Waals surface area contributed by atoms with Crippen molar-refractivity contribution in [2.75, 3.05) is 18.0 Å². The molecule has 0 atom stereocenters. The zero-order chi connectivity index (χ0) is 23.8. The van der Waals surface area contributed by atoms with Gasteiger partial charge in [0, 0.05) is 30.8 Å². The molecule has 0 N–H and O–H groups in total. The number of amides is 1. The van der Waals surface area contributed by atoms with Crippen LogP contribution >= 0.6 is 0 Å². The molecule has 5 heteroatoms. The number of likely N-dealkylation sites (tertiary alicyclic amines) is 1. The first kappa shape index (κ1) is 21.7. The van der Waals surface area contributed by atoms with E-state index in [9.17, 15) is 4.79 Å². The van der Waals surface area contributed by atoms with Crippen molar-refractivity contribution < 1.29 is 4.79 Å². The van der Waals surface area contributed by atoms with Crippen molar-refractivity contribution in [2.24, 2.45) is 0 Å². The van der Waals surface area contributed by atoms with Crippen LogP contribution in [0.3, 0.4) is 0 Å². The first-order chi connectivity index (χ1) is 17.2. The number of nitrogens with zero attached hydrogens (tertiary/aromatic N) is 4. The van der Waals surface area contributed by atoms with E-state index in [-0.39, 0.29) is 5.91 Å². The largest absolute Gasteiger partial charge is 0.297 e. The molecule has 2 aliphatic rings. The second-order valence-electron chi connectivity index (χ2n) is 9.57. The van der Waals surface area contributed by atoms with Crippen molar-refractivity contribution in [1.29, 1.82) is 0 Å². The highest BCUT2D eigenvalue weighted by Gasteiger charge is 2.52. The van der Waals surface area contributed by atoms with E-state index in [0.717, 1.165) is 66.2 Å². The van der Waals surface area contributed by atoms with Crippen LogP contribution < -0.4 is 4.90 Å². The molecule has 1 saturated heterocycles. The van der Waals surface area contributed by atoms with Gasteiger partial charge in [-0.3, -0.25) is 24.6 Å². The zero-order valence-electron chi connectivity index (χ0n) is 19.9. The number of piperidine rings is 1. The Kier molecular flexibility index (Phi) is 5.42. The first-order valence-electron chi connectivity index (χ1n) is 12.2. The molecular formula is C30H28N4O. The van der Waals surface area contributed by atoms with E-state index in [0.29, 0.717) is 0 Å². The highest BCUT2D eigenvalue weighted by molar-refractivity contribution is 6.13. The molecule has 0 aliphatic carbocycles. The Labute approximate surface area is 206 Å². The van der Waals surface area contributed by atoms with Crippen LogP contribution in [-0.4, -0.2) is 33.9 Å². The number of anilines is 2. The number of fused-ring (bicyclic) bond motifs is 2. The summed E-state index contributed by atoms with van der Waals surface area (Å²) in [6.45, 7) is 4.71. The van der Waals surface area contributed by atoms with Gasteiger partial charge in [-0.05, 0) is 91.5 Å². The van der Waals surface area contributed by atoms with E-state index in [1.807, 2.05) is 35.4 Å². The van der Waals surface area contributed by atoms with Gasteiger partial charge in [0.15, 0.2) is 0 Å². The normalized spacial score (nSPS) is 17.1. The van der Waals surface area contributed by atoms with E-state index in [1.165, 1.54) is 5.56 Å². The predicted octanol–water partition coefficient (Wildman–Crippen LogP) is 5.66. The number of benzene rings is 2. The smallest absolute Gasteiger partial charge is 0.242 e. The van der Waals surface area contributed by atoms with Gasteiger partial charge in [-0.2, -0.15) is 0 Å². The third kappa shape index (κ3) is 3.72. The van der Waals surface area contributed by atoms with E-state index in [1.54, 1.807) is 12.4 Å². The second kappa shape index (κ2) is 8.75. The average Bonchev–Trinajstić information content (AvgIpc) is 3.15.